The fraction of sp³-hybridized carbons (Fsp3) is 0. The summed E-state index contributed by atoms with van der Waals surface area (Å²) >= 11 is 0. The molecule has 3 aromatic rings. The van der Waals surface area contributed by atoms with Gasteiger partial charge in [-0.3, -0.25) is 4.79 Å². The second-order valence-electron chi connectivity index (χ2n) is 4.53. The molecular formula is C15H8FN3O. The first-order valence-corrected chi connectivity index (χ1v) is 6.11. The van der Waals surface area contributed by atoms with Crippen LogP contribution in [0.1, 0.15) is 10.4 Å². The van der Waals surface area contributed by atoms with Crippen LogP contribution in [-0.2, 0) is 0 Å². The number of carbonyl (C=O) groups is 1. The fourth-order valence-corrected chi connectivity index (χ4v) is 2.33. The molecule has 2 aromatic carbocycles. The average Bonchev–Trinajstić information content (AvgIpc) is 3.01. The fourth-order valence-electron chi connectivity index (χ4n) is 2.33. The second-order valence-corrected chi connectivity index (χ2v) is 4.53. The standard InChI is InChI=1S/C15H8FN3O/c16-10-7-5-9(6-8-10)13-17-14-11-3-1-2-4-12(11)15(20)19(14)18-13/h1-8H. The molecule has 0 spiro atoms. The first-order chi connectivity index (χ1) is 9.74. The van der Waals surface area contributed by atoms with E-state index in [4.69, 9.17) is 0 Å². The largest absolute Gasteiger partial charge is 0.280 e. The van der Waals surface area contributed by atoms with Crippen LogP contribution < -0.4 is 0 Å². The topological polar surface area (TPSA) is 47.8 Å². The number of benzene rings is 2. The van der Waals surface area contributed by atoms with Gasteiger partial charge in [0.2, 0.25) is 0 Å². The summed E-state index contributed by atoms with van der Waals surface area (Å²) in [6.45, 7) is 0. The van der Waals surface area contributed by atoms with E-state index in [1.54, 1.807) is 18.2 Å². The van der Waals surface area contributed by atoms with Crippen LogP contribution in [-0.4, -0.2) is 20.7 Å². The lowest BCUT2D eigenvalue weighted by Crippen LogP contribution is -2.07. The molecule has 0 bridgehead atoms. The van der Waals surface area contributed by atoms with E-state index in [0.717, 1.165) is 5.56 Å². The highest BCUT2D eigenvalue weighted by Gasteiger charge is 2.29. The zero-order valence-corrected chi connectivity index (χ0v) is 10.2. The second kappa shape index (κ2) is 3.84. The number of carbonyl (C=O) groups excluding carboxylic acids is 1. The minimum atomic E-state index is -0.318. The SMILES string of the molecule is O=C1c2ccccc2-c2nc(-c3ccc(F)cc3)nn21. The van der Waals surface area contributed by atoms with Gasteiger partial charge < -0.3 is 0 Å². The van der Waals surface area contributed by atoms with Gasteiger partial charge in [0.1, 0.15) is 5.82 Å². The molecule has 4 rings (SSSR count). The molecule has 0 amide bonds. The monoisotopic (exact) mass is 265 g/mol. The predicted molar refractivity (Wildman–Crippen MR) is 70.6 cm³/mol. The average molecular weight is 265 g/mol. The predicted octanol–water partition coefficient (Wildman–Crippen LogP) is 2.75. The third-order valence-electron chi connectivity index (χ3n) is 3.30. The van der Waals surface area contributed by atoms with Crippen molar-refractivity contribution in [3.63, 3.8) is 0 Å². The van der Waals surface area contributed by atoms with Crippen molar-refractivity contribution in [3.8, 4) is 22.8 Å². The number of fused-ring (bicyclic) bond motifs is 3. The molecule has 0 unspecified atom stereocenters. The molecule has 2 heterocycles. The highest BCUT2D eigenvalue weighted by Crippen LogP contribution is 2.31. The maximum absolute atomic E-state index is 12.9. The van der Waals surface area contributed by atoms with Crippen LogP contribution in [0.3, 0.4) is 0 Å². The van der Waals surface area contributed by atoms with E-state index in [0.29, 0.717) is 22.8 Å². The van der Waals surface area contributed by atoms with E-state index in [1.165, 1.54) is 16.8 Å². The summed E-state index contributed by atoms with van der Waals surface area (Å²) in [5.74, 6) is 0.450. The van der Waals surface area contributed by atoms with Gasteiger partial charge in [-0.25, -0.2) is 9.37 Å². The number of hydrogen-bond donors (Lipinski definition) is 0. The van der Waals surface area contributed by atoms with Crippen LogP contribution in [0.4, 0.5) is 4.39 Å². The molecule has 0 atom stereocenters. The Labute approximate surface area is 113 Å². The Morgan fingerprint density at radius 3 is 2.40 bits per heavy atom. The van der Waals surface area contributed by atoms with Crippen LogP contribution in [0, 0.1) is 5.82 Å². The molecule has 20 heavy (non-hydrogen) atoms. The maximum Gasteiger partial charge on any atom is 0.280 e. The van der Waals surface area contributed by atoms with Gasteiger partial charge in [0, 0.05) is 11.1 Å². The summed E-state index contributed by atoms with van der Waals surface area (Å²) in [4.78, 5) is 16.6. The van der Waals surface area contributed by atoms with E-state index in [9.17, 15) is 9.18 Å². The lowest BCUT2D eigenvalue weighted by atomic mass is 10.1. The van der Waals surface area contributed by atoms with Crippen LogP contribution >= 0.6 is 0 Å². The number of aromatic nitrogens is 3. The van der Waals surface area contributed by atoms with Crippen molar-refractivity contribution >= 4 is 5.91 Å². The number of halogens is 1. The Morgan fingerprint density at radius 2 is 1.65 bits per heavy atom. The third-order valence-corrected chi connectivity index (χ3v) is 3.30. The molecule has 0 fully saturated rings. The third kappa shape index (κ3) is 1.43. The number of hydrogen-bond acceptors (Lipinski definition) is 3. The molecule has 0 aliphatic carbocycles. The Bertz CT molecular complexity index is 837. The van der Waals surface area contributed by atoms with Gasteiger partial charge in [-0.05, 0) is 30.3 Å². The smallest absolute Gasteiger partial charge is 0.267 e. The number of nitrogens with zero attached hydrogens (tertiary/aromatic N) is 3. The Balaban J connectivity index is 1.88. The zero-order valence-electron chi connectivity index (χ0n) is 10.2. The van der Waals surface area contributed by atoms with Crippen molar-refractivity contribution in [3.05, 3.63) is 59.9 Å². The van der Waals surface area contributed by atoms with Crippen molar-refractivity contribution in [2.75, 3.05) is 0 Å². The van der Waals surface area contributed by atoms with Crippen molar-refractivity contribution in [2.45, 2.75) is 0 Å². The van der Waals surface area contributed by atoms with Crippen molar-refractivity contribution in [1.82, 2.24) is 14.8 Å². The lowest BCUT2D eigenvalue weighted by Gasteiger charge is -1.96. The van der Waals surface area contributed by atoms with E-state index in [-0.39, 0.29) is 11.7 Å². The normalized spacial score (nSPS) is 12.3. The first kappa shape index (κ1) is 11.0. The van der Waals surface area contributed by atoms with E-state index in [2.05, 4.69) is 10.1 Å². The molecular weight excluding hydrogens is 257 g/mol. The van der Waals surface area contributed by atoms with Gasteiger partial charge in [-0.1, -0.05) is 18.2 Å². The number of rotatable bonds is 1. The molecule has 1 aromatic heterocycles. The van der Waals surface area contributed by atoms with Gasteiger partial charge >= 0.3 is 0 Å². The van der Waals surface area contributed by atoms with Crippen molar-refractivity contribution < 1.29 is 9.18 Å². The van der Waals surface area contributed by atoms with Crippen LogP contribution in [0.15, 0.2) is 48.5 Å². The molecule has 0 saturated heterocycles. The van der Waals surface area contributed by atoms with E-state index < -0.39 is 0 Å². The molecule has 1 aliphatic heterocycles. The van der Waals surface area contributed by atoms with E-state index >= 15 is 0 Å². The van der Waals surface area contributed by atoms with Crippen LogP contribution in [0.5, 0.6) is 0 Å². The minimum absolute atomic E-state index is 0.184. The van der Waals surface area contributed by atoms with Gasteiger partial charge in [-0.2, -0.15) is 4.68 Å². The highest BCUT2D eigenvalue weighted by atomic mass is 19.1. The van der Waals surface area contributed by atoms with Gasteiger partial charge in [0.15, 0.2) is 11.6 Å². The van der Waals surface area contributed by atoms with Crippen LogP contribution in [0.2, 0.25) is 0 Å². The quantitative estimate of drug-likeness (QED) is 0.531. The first-order valence-electron chi connectivity index (χ1n) is 6.11. The lowest BCUT2D eigenvalue weighted by molar-refractivity contribution is 0.0955. The van der Waals surface area contributed by atoms with Crippen molar-refractivity contribution in [2.24, 2.45) is 0 Å². The van der Waals surface area contributed by atoms with Crippen molar-refractivity contribution in [1.29, 1.82) is 0 Å². The Hall–Kier alpha value is -2.82. The zero-order chi connectivity index (χ0) is 13.7. The maximum atomic E-state index is 12.9. The van der Waals surface area contributed by atoms with Crippen LogP contribution in [0.25, 0.3) is 22.8 Å². The highest BCUT2D eigenvalue weighted by molar-refractivity contribution is 6.07. The van der Waals surface area contributed by atoms with Gasteiger partial charge in [-0.15, -0.1) is 5.10 Å². The summed E-state index contributed by atoms with van der Waals surface area (Å²) in [5, 5.41) is 4.22. The summed E-state index contributed by atoms with van der Waals surface area (Å²) in [6.07, 6.45) is 0. The molecule has 0 saturated carbocycles. The van der Waals surface area contributed by atoms with Gasteiger partial charge in [0.25, 0.3) is 5.91 Å². The summed E-state index contributed by atoms with van der Waals surface area (Å²) < 4.78 is 14.2. The Kier molecular flexibility index (Phi) is 2.12. The molecule has 0 radical (unpaired) electrons. The molecule has 5 heteroatoms. The molecule has 96 valence electrons. The van der Waals surface area contributed by atoms with E-state index in [1.807, 2.05) is 18.2 Å². The molecule has 0 N–H and O–H groups in total. The summed E-state index contributed by atoms with van der Waals surface area (Å²) in [7, 11) is 0. The molecule has 1 aliphatic rings. The summed E-state index contributed by atoms with van der Waals surface area (Å²) in [5.41, 5.74) is 2.06. The van der Waals surface area contributed by atoms with Gasteiger partial charge in [0.05, 0.1) is 5.56 Å². The summed E-state index contributed by atoms with van der Waals surface area (Å²) in [6, 6.07) is 13.1. The molecule has 4 nitrogen and oxygen atoms in total. The minimum Gasteiger partial charge on any atom is -0.267 e. The Morgan fingerprint density at radius 1 is 0.950 bits per heavy atom.